The number of fused-ring (bicyclic) bond motifs is 3. The number of hydrogen-bond donors (Lipinski definition) is 1. The van der Waals surface area contributed by atoms with Gasteiger partial charge in [0.25, 0.3) is 0 Å². The third-order valence-electron chi connectivity index (χ3n) is 4.32. The lowest BCUT2D eigenvalue weighted by atomic mass is 10.1. The highest BCUT2D eigenvalue weighted by atomic mass is 35.5. The van der Waals surface area contributed by atoms with E-state index < -0.39 is 0 Å². The number of benzene rings is 1. The Hall–Kier alpha value is -1.94. The molecule has 2 heterocycles. The summed E-state index contributed by atoms with van der Waals surface area (Å²) in [5.41, 5.74) is 3.38. The fourth-order valence-electron chi connectivity index (χ4n) is 3.06. The highest BCUT2D eigenvalue weighted by Crippen LogP contribution is 2.45. The number of nitrogens with one attached hydrogen (secondary N) is 1. The van der Waals surface area contributed by atoms with E-state index in [0.717, 1.165) is 34.3 Å². The van der Waals surface area contributed by atoms with Crippen LogP contribution in [0.15, 0.2) is 24.4 Å². The average Bonchev–Trinajstić information content (AvgIpc) is 3.35. The van der Waals surface area contributed by atoms with Crippen LogP contribution in [0.2, 0.25) is 0 Å². The Morgan fingerprint density at radius 1 is 1.26 bits per heavy atom. The molecular formula is C18H19ClN2O2. The number of rotatable bonds is 6. The van der Waals surface area contributed by atoms with E-state index in [1.165, 1.54) is 23.9 Å². The van der Waals surface area contributed by atoms with E-state index in [2.05, 4.69) is 16.0 Å². The molecule has 0 radical (unpaired) electrons. The molecule has 2 aromatic heterocycles. The van der Waals surface area contributed by atoms with E-state index in [9.17, 15) is 0 Å². The Morgan fingerprint density at radius 2 is 2.13 bits per heavy atom. The number of pyridine rings is 1. The Morgan fingerprint density at radius 3 is 2.87 bits per heavy atom. The van der Waals surface area contributed by atoms with Crippen LogP contribution >= 0.6 is 11.6 Å². The van der Waals surface area contributed by atoms with Gasteiger partial charge >= 0.3 is 0 Å². The van der Waals surface area contributed by atoms with Crippen LogP contribution in [0.3, 0.4) is 0 Å². The first kappa shape index (κ1) is 14.6. The van der Waals surface area contributed by atoms with Gasteiger partial charge in [-0.15, -0.1) is 11.6 Å². The summed E-state index contributed by atoms with van der Waals surface area (Å²) >= 11 is 5.72. The minimum Gasteiger partial charge on any atom is -0.493 e. The predicted octanol–water partition coefficient (Wildman–Crippen LogP) is 4.61. The third kappa shape index (κ3) is 2.61. The fraction of sp³-hybridized carbons (Fsp3) is 0.389. The van der Waals surface area contributed by atoms with Crippen LogP contribution in [0, 0.1) is 0 Å². The normalized spacial score (nSPS) is 14.5. The summed E-state index contributed by atoms with van der Waals surface area (Å²) in [5.74, 6) is 2.69. The number of aromatic amines is 1. The minimum atomic E-state index is 0.584. The summed E-state index contributed by atoms with van der Waals surface area (Å²) in [5, 5.41) is 2.37. The highest BCUT2D eigenvalue weighted by Gasteiger charge is 2.28. The van der Waals surface area contributed by atoms with E-state index in [1.54, 1.807) is 7.11 Å². The predicted molar refractivity (Wildman–Crippen MR) is 93.0 cm³/mol. The summed E-state index contributed by atoms with van der Waals surface area (Å²) in [6, 6.07) is 6.10. The molecule has 0 unspecified atom stereocenters. The molecule has 0 aliphatic heterocycles. The van der Waals surface area contributed by atoms with Gasteiger partial charge < -0.3 is 14.5 Å². The number of H-pyrrole nitrogens is 1. The van der Waals surface area contributed by atoms with Crippen molar-refractivity contribution < 1.29 is 9.47 Å². The second kappa shape index (κ2) is 5.93. The summed E-state index contributed by atoms with van der Waals surface area (Å²) in [6.45, 7) is 0.584. The molecule has 4 nitrogen and oxygen atoms in total. The third-order valence-corrected chi connectivity index (χ3v) is 4.59. The maximum absolute atomic E-state index is 5.82. The van der Waals surface area contributed by atoms with Crippen LogP contribution in [0.5, 0.6) is 11.5 Å². The first-order chi connectivity index (χ1) is 11.3. The lowest BCUT2D eigenvalue weighted by Gasteiger charge is -2.10. The largest absolute Gasteiger partial charge is 0.493 e. The summed E-state index contributed by atoms with van der Waals surface area (Å²) < 4.78 is 11.3. The molecular weight excluding hydrogens is 312 g/mol. The summed E-state index contributed by atoms with van der Waals surface area (Å²) in [4.78, 5) is 8.10. The standard InChI is InChI=1S/C18H19ClN2O2/c1-22-15-9-12-14(10-16(15)23-8-2-6-19)21-13-5-7-20-18(17(12)13)11-3-4-11/h5,7,9-11,21H,2-4,6,8H2,1H3. The Labute approximate surface area is 139 Å². The van der Waals surface area contributed by atoms with Gasteiger partial charge in [-0.25, -0.2) is 0 Å². The number of aromatic nitrogens is 2. The van der Waals surface area contributed by atoms with Gasteiger partial charge in [-0.05, 0) is 31.4 Å². The molecule has 3 aromatic rings. The minimum absolute atomic E-state index is 0.584. The zero-order chi connectivity index (χ0) is 15.8. The molecule has 1 N–H and O–H groups in total. The van der Waals surface area contributed by atoms with Crippen molar-refractivity contribution in [2.75, 3.05) is 19.6 Å². The molecule has 23 heavy (non-hydrogen) atoms. The second-order valence-electron chi connectivity index (χ2n) is 5.96. The fourth-order valence-corrected chi connectivity index (χ4v) is 3.16. The second-order valence-corrected chi connectivity index (χ2v) is 6.34. The molecule has 1 aliphatic rings. The Kier molecular flexibility index (Phi) is 3.77. The van der Waals surface area contributed by atoms with Crippen molar-refractivity contribution >= 4 is 33.4 Å². The zero-order valence-electron chi connectivity index (χ0n) is 13.1. The molecule has 120 valence electrons. The number of ether oxygens (including phenoxy) is 2. The van der Waals surface area contributed by atoms with Crippen molar-refractivity contribution in [3.05, 3.63) is 30.1 Å². The van der Waals surface area contributed by atoms with Gasteiger partial charge in [0.2, 0.25) is 0 Å². The van der Waals surface area contributed by atoms with Crippen LogP contribution in [-0.2, 0) is 0 Å². The number of methoxy groups -OCH3 is 1. The van der Waals surface area contributed by atoms with Crippen molar-refractivity contribution in [2.24, 2.45) is 0 Å². The van der Waals surface area contributed by atoms with Gasteiger partial charge in [0.05, 0.1) is 24.9 Å². The first-order valence-corrected chi connectivity index (χ1v) is 8.52. The zero-order valence-corrected chi connectivity index (χ0v) is 13.8. The Bertz CT molecular complexity index is 855. The van der Waals surface area contributed by atoms with Gasteiger partial charge in [-0.2, -0.15) is 0 Å². The van der Waals surface area contributed by atoms with Gasteiger partial charge in [0.1, 0.15) is 0 Å². The number of nitrogens with zero attached hydrogens (tertiary/aromatic N) is 1. The maximum Gasteiger partial charge on any atom is 0.163 e. The van der Waals surface area contributed by atoms with E-state index in [0.29, 0.717) is 18.4 Å². The van der Waals surface area contributed by atoms with Gasteiger partial charge in [0, 0.05) is 40.4 Å². The molecule has 1 saturated carbocycles. The topological polar surface area (TPSA) is 47.1 Å². The highest BCUT2D eigenvalue weighted by molar-refractivity contribution is 6.17. The summed E-state index contributed by atoms with van der Waals surface area (Å²) in [6.07, 6.45) is 5.16. The van der Waals surface area contributed by atoms with Crippen molar-refractivity contribution in [3.8, 4) is 11.5 Å². The molecule has 0 atom stereocenters. The van der Waals surface area contributed by atoms with Crippen LogP contribution in [0.25, 0.3) is 21.8 Å². The number of alkyl halides is 1. The monoisotopic (exact) mass is 330 g/mol. The smallest absolute Gasteiger partial charge is 0.163 e. The number of hydrogen-bond acceptors (Lipinski definition) is 3. The number of halogens is 1. The first-order valence-electron chi connectivity index (χ1n) is 7.99. The van der Waals surface area contributed by atoms with E-state index in [-0.39, 0.29) is 0 Å². The van der Waals surface area contributed by atoms with Crippen LogP contribution in [0.4, 0.5) is 0 Å². The molecule has 4 rings (SSSR count). The molecule has 0 saturated heterocycles. The average molecular weight is 331 g/mol. The SMILES string of the molecule is COc1cc2c(cc1OCCCCl)[nH]c1ccnc(C3CC3)c12. The van der Waals surface area contributed by atoms with Crippen molar-refractivity contribution in [2.45, 2.75) is 25.2 Å². The Balaban J connectivity index is 1.86. The molecule has 0 bridgehead atoms. The molecule has 1 aromatic carbocycles. The van der Waals surface area contributed by atoms with Crippen LogP contribution < -0.4 is 9.47 Å². The molecule has 1 fully saturated rings. The van der Waals surface area contributed by atoms with Gasteiger partial charge in [-0.3, -0.25) is 4.98 Å². The van der Waals surface area contributed by atoms with Crippen LogP contribution in [0.1, 0.15) is 30.9 Å². The molecule has 1 aliphatic carbocycles. The van der Waals surface area contributed by atoms with Crippen molar-refractivity contribution in [1.82, 2.24) is 9.97 Å². The van der Waals surface area contributed by atoms with E-state index >= 15 is 0 Å². The van der Waals surface area contributed by atoms with E-state index in [1.807, 2.05) is 18.3 Å². The van der Waals surface area contributed by atoms with Crippen molar-refractivity contribution in [1.29, 1.82) is 0 Å². The van der Waals surface area contributed by atoms with Gasteiger partial charge in [-0.1, -0.05) is 0 Å². The quantitative estimate of drug-likeness (QED) is 0.530. The van der Waals surface area contributed by atoms with Gasteiger partial charge in [0.15, 0.2) is 11.5 Å². The molecule has 0 spiro atoms. The lowest BCUT2D eigenvalue weighted by Crippen LogP contribution is -1.99. The lowest BCUT2D eigenvalue weighted by molar-refractivity contribution is 0.295. The van der Waals surface area contributed by atoms with Crippen LogP contribution in [-0.4, -0.2) is 29.6 Å². The maximum atomic E-state index is 5.82. The molecule has 5 heteroatoms. The van der Waals surface area contributed by atoms with E-state index in [4.69, 9.17) is 21.1 Å². The van der Waals surface area contributed by atoms with Crippen molar-refractivity contribution in [3.63, 3.8) is 0 Å². The molecule has 0 amide bonds. The summed E-state index contributed by atoms with van der Waals surface area (Å²) in [7, 11) is 1.67.